The van der Waals surface area contributed by atoms with Crippen molar-refractivity contribution >= 4 is 51.4 Å². The molecule has 4 aromatic rings. The van der Waals surface area contributed by atoms with Crippen LogP contribution in [0.4, 0.5) is 11.6 Å². The van der Waals surface area contributed by atoms with Crippen molar-refractivity contribution in [3.63, 3.8) is 0 Å². The molecule has 3 amide bonds. The third kappa shape index (κ3) is 8.15. The Kier molecular flexibility index (Phi) is 11.3. The number of likely N-dealkylation sites (tertiary alicyclic amines) is 2. The van der Waals surface area contributed by atoms with Crippen molar-refractivity contribution in [3.05, 3.63) is 62.5 Å². The molecule has 2 aliphatic rings. The van der Waals surface area contributed by atoms with Crippen LogP contribution < -0.4 is 16.0 Å². The lowest BCUT2D eigenvalue weighted by molar-refractivity contribution is -0.131. The van der Waals surface area contributed by atoms with E-state index >= 15 is 0 Å². The SMILES string of the molecule is C=CC(=O)N1C[C@@H](Nc2ncnc3[nH]ccc23)CC[C@H]1CNC(C)=O.C=CC(=O)N1C[C@@H](Nc2ncnc3[nH]ccc23)CC[C@H]1COC. The Morgan fingerprint density at radius 3 is 1.81 bits per heavy atom. The van der Waals surface area contributed by atoms with E-state index in [1.807, 2.05) is 29.4 Å². The van der Waals surface area contributed by atoms with Gasteiger partial charge in [0.15, 0.2) is 0 Å². The van der Waals surface area contributed by atoms with Gasteiger partial charge in [0.2, 0.25) is 17.7 Å². The molecule has 6 heterocycles. The van der Waals surface area contributed by atoms with Crippen LogP contribution in [0.15, 0.2) is 62.5 Å². The predicted molar refractivity (Wildman–Crippen MR) is 183 cm³/mol. The standard InChI is InChI=1S/C17H22N6O2.C16H21N5O2/c1-3-15(25)23-9-12(4-5-13(23)8-19-11(2)24)22-17-14-6-7-18-16(14)20-10-21-17;1-3-14(22)21-8-11(4-5-12(21)9-23-2)20-16-13-6-7-17-15(13)18-10-19-16/h3,6-7,10,12-13H,1,4-5,8-9H2,2H3,(H,19,24)(H2,18,20,21,22);3,6-7,10-12H,1,4-5,8-9H2,2H3,(H2,17,18,19,20)/t12-,13-;11-,12-/m00/s1. The molecule has 15 heteroatoms. The van der Waals surface area contributed by atoms with Gasteiger partial charge in [-0.2, -0.15) is 0 Å². The minimum absolute atomic E-state index is 0.0230. The Balaban J connectivity index is 0.000000188. The molecule has 6 rings (SSSR count). The molecule has 15 nitrogen and oxygen atoms in total. The molecule has 254 valence electrons. The lowest BCUT2D eigenvalue weighted by Gasteiger charge is -2.39. The first-order valence-corrected chi connectivity index (χ1v) is 16.0. The van der Waals surface area contributed by atoms with Gasteiger partial charge in [-0.15, -0.1) is 0 Å². The van der Waals surface area contributed by atoms with E-state index in [0.717, 1.165) is 59.4 Å². The molecule has 0 spiro atoms. The fourth-order valence-corrected chi connectivity index (χ4v) is 6.27. The number of nitrogens with zero attached hydrogens (tertiary/aromatic N) is 6. The smallest absolute Gasteiger partial charge is 0.246 e. The summed E-state index contributed by atoms with van der Waals surface area (Å²) in [5.41, 5.74) is 1.57. The Morgan fingerprint density at radius 2 is 1.33 bits per heavy atom. The molecule has 48 heavy (non-hydrogen) atoms. The molecule has 0 unspecified atom stereocenters. The van der Waals surface area contributed by atoms with Crippen LogP contribution >= 0.6 is 0 Å². The number of nitrogens with one attached hydrogen (secondary N) is 5. The molecule has 2 saturated heterocycles. The minimum atomic E-state index is -0.128. The highest BCUT2D eigenvalue weighted by Gasteiger charge is 2.32. The highest BCUT2D eigenvalue weighted by molar-refractivity contribution is 5.89. The Bertz CT molecular complexity index is 1740. The number of amides is 3. The zero-order valence-electron chi connectivity index (χ0n) is 27.3. The number of carbonyl (C=O) groups excluding carboxylic acids is 3. The highest BCUT2D eigenvalue weighted by atomic mass is 16.5. The molecule has 2 aliphatic heterocycles. The fourth-order valence-electron chi connectivity index (χ4n) is 6.27. The monoisotopic (exact) mass is 657 g/mol. The zero-order valence-corrected chi connectivity index (χ0v) is 27.3. The van der Waals surface area contributed by atoms with Gasteiger partial charge in [0, 0.05) is 64.2 Å². The van der Waals surface area contributed by atoms with Crippen LogP contribution in [0.5, 0.6) is 0 Å². The quantitative estimate of drug-likeness (QED) is 0.159. The Hall–Kier alpha value is -5.31. The van der Waals surface area contributed by atoms with E-state index in [1.54, 1.807) is 12.0 Å². The van der Waals surface area contributed by atoms with Crippen LogP contribution in [0.2, 0.25) is 0 Å². The molecule has 0 radical (unpaired) electrons. The van der Waals surface area contributed by atoms with Gasteiger partial charge in [-0.05, 0) is 50.0 Å². The predicted octanol–water partition coefficient (Wildman–Crippen LogP) is 2.61. The first-order valence-electron chi connectivity index (χ1n) is 16.0. The Morgan fingerprint density at radius 1 is 0.833 bits per heavy atom. The van der Waals surface area contributed by atoms with E-state index in [4.69, 9.17) is 4.74 Å². The number of anilines is 2. The van der Waals surface area contributed by atoms with Crippen molar-refractivity contribution in [1.82, 2.24) is 45.0 Å². The third-order valence-corrected chi connectivity index (χ3v) is 8.66. The van der Waals surface area contributed by atoms with Gasteiger partial charge in [0.1, 0.15) is 35.6 Å². The van der Waals surface area contributed by atoms with Crippen molar-refractivity contribution in [3.8, 4) is 0 Å². The normalized spacial score (nSPS) is 20.8. The number of ether oxygens (including phenoxy) is 1. The van der Waals surface area contributed by atoms with E-state index < -0.39 is 0 Å². The van der Waals surface area contributed by atoms with E-state index in [0.29, 0.717) is 26.2 Å². The molecule has 0 aromatic carbocycles. The number of hydrogen-bond acceptors (Lipinski definition) is 10. The van der Waals surface area contributed by atoms with Crippen LogP contribution in [-0.4, -0.2) is 115 Å². The molecule has 0 bridgehead atoms. The average molecular weight is 658 g/mol. The van der Waals surface area contributed by atoms with Crippen LogP contribution in [-0.2, 0) is 19.1 Å². The lowest BCUT2D eigenvalue weighted by Crippen LogP contribution is -2.54. The summed E-state index contributed by atoms with van der Waals surface area (Å²) < 4.78 is 5.23. The number of H-pyrrole nitrogens is 2. The van der Waals surface area contributed by atoms with E-state index in [1.165, 1.54) is 31.7 Å². The number of aromatic nitrogens is 6. The first-order chi connectivity index (χ1) is 23.3. The topological polar surface area (TPSA) is 186 Å². The summed E-state index contributed by atoms with van der Waals surface area (Å²) in [6, 6.07) is 4.16. The van der Waals surface area contributed by atoms with Gasteiger partial charge in [-0.25, -0.2) is 19.9 Å². The van der Waals surface area contributed by atoms with Gasteiger partial charge in [0.25, 0.3) is 0 Å². The average Bonchev–Trinajstić information content (AvgIpc) is 3.79. The number of fused-ring (bicyclic) bond motifs is 2. The summed E-state index contributed by atoms with van der Waals surface area (Å²) in [6.45, 7) is 10.8. The maximum atomic E-state index is 12.2. The number of carbonyl (C=O) groups is 3. The van der Waals surface area contributed by atoms with Crippen LogP contribution in [0.1, 0.15) is 32.6 Å². The van der Waals surface area contributed by atoms with E-state index in [9.17, 15) is 14.4 Å². The van der Waals surface area contributed by atoms with Crippen molar-refractivity contribution in [2.24, 2.45) is 0 Å². The maximum Gasteiger partial charge on any atom is 0.246 e. The summed E-state index contributed by atoms with van der Waals surface area (Å²) in [5, 5.41) is 11.5. The fraction of sp³-hybridized carbons (Fsp3) is 0.424. The van der Waals surface area contributed by atoms with E-state index in [2.05, 4.69) is 59.0 Å². The van der Waals surface area contributed by atoms with Crippen molar-refractivity contribution in [2.45, 2.75) is 56.8 Å². The maximum absolute atomic E-state index is 12.2. The summed E-state index contributed by atoms with van der Waals surface area (Å²) in [7, 11) is 1.66. The molecule has 4 atom stereocenters. The zero-order chi connectivity index (χ0) is 34.0. The minimum Gasteiger partial charge on any atom is -0.383 e. The van der Waals surface area contributed by atoms with Crippen LogP contribution in [0.25, 0.3) is 22.1 Å². The largest absolute Gasteiger partial charge is 0.383 e. The second kappa shape index (κ2) is 16.0. The first kappa shape index (κ1) is 34.0. The third-order valence-electron chi connectivity index (χ3n) is 8.66. The summed E-state index contributed by atoms with van der Waals surface area (Å²) >= 11 is 0. The number of hydrogen-bond donors (Lipinski definition) is 5. The van der Waals surface area contributed by atoms with Crippen molar-refractivity contribution < 1.29 is 19.1 Å². The lowest BCUT2D eigenvalue weighted by atomic mass is 9.97. The summed E-state index contributed by atoms with van der Waals surface area (Å²) in [5.74, 6) is 1.26. The second-order valence-corrected chi connectivity index (χ2v) is 11.9. The number of methoxy groups -OCH3 is 1. The highest BCUT2D eigenvalue weighted by Crippen LogP contribution is 2.25. The van der Waals surface area contributed by atoms with Gasteiger partial charge in [-0.1, -0.05) is 13.2 Å². The molecule has 0 saturated carbocycles. The van der Waals surface area contributed by atoms with Crippen LogP contribution in [0.3, 0.4) is 0 Å². The molecule has 2 fully saturated rings. The second-order valence-electron chi connectivity index (χ2n) is 11.9. The van der Waals surface area contributed by atoms with Crippen LogP contribution in [0, 0.1) is 0 Å². The number of aromatic amines is 2. The van der Waals surface area contributed by atoms with Gasteiger partial charge < -0.3 is 40.5 Å². The van der Waals surface area contributed by atoms with Crippen molar-refractivity contribution in [2.75, 3.05) is 44.0 Å². The molecule has 0 aliphatic carbocycles. The van der Waals surface area contributed by atoms with Gasteiger partial charge in [0.05, 0.1) is 23.4 Å². The number of piperidine rings is 2. The molecular formula is C33H43N11O4. The van der Waals surface area contributed by atoms with Gasteiger partial charge >= 0.3 is 0 Å². The summed E-state index contributed by atoms with van der Waals surface area (Å²) in [6.07, 6.45) is 12.9. The molecular weight excluding hydrogens is 614 g/mol. The molecule has 4 aromatic heterocycles. The summed E-state index contributed by atoms with van der Waals surface area (Å²) in [4.78, 5) is 62.2. The van der Waals surface area contributed by atoms with E-state index in [-0.39, 0.29) is 41.9 Å². The number of rotatable bonds is 10. The Labute approximate surface area is 278 Å². The molecule has 5 N–H and O–H groups in total. The van der Waals surface area contributed by atoms with Crippen molar-refractivity contribution in [1.29, 1.82) is 0 Å². The van der Waals surface area contributed by atoms with Gasteiger partial charge in [-0.3, -0.25) is 14.4 Å².